The molecule has 9 heteroatoms. The van der Waals surface area contributed by atoms with Gasteiger partial charge in [0.15, 0.2) is 0 Å². The first-order valence-corrected chi connectivity index (χ1v) is 8.49. The second-order valence-electron chi connectivity index (χ2n) is 4.82. The minimum Gasteiger partial charge on any atom is -0.339 e. The Kier molecular flexibility index (Phi) is 6.81. The summed E-state index contributed by atoms with van der Waals surface area (Å²) in [6.07, 6.45) is 0. The second-order valence-corrected chi connectivity index (χ2v) is 6.55. The van der Waals surface area contributed by atoms with Gasteiger partial charge in [-0.1, -0.05) is 39.1 Å². The molecule has 25 heavy (non-hydrogen) atoms. The van der Waals surface area contributed by atoms with Crippen molar-refractivity contribution in [3.05, 3.63) is 57.0 Å². The van der Waals surface area contributed by atoms with E-state index in [1.54, 1.807) is 30.3 Å². The molecule has 0 saturated carbocycles. The smallest absolute Gasteiger partial charge is 0.313 e. The number of nitrogens with one attached hydrogen (secondary N) is 3. The Morgan fingerprint density at radius 1 is 0.840 bits per heavy atom. The fourth-order valence-electron chi connectivity index (χ4n) is 1.74. The number of benzene rings is 2. The summed E-state index contributed by atoms with van der Waals surface area (Å²) in [6.45, 7) is -0.368. The SMILES string of the molecule is O=C(CNC(=O)C(=O)Nc1ccc(Br)cc1)Nc1ccc(Cl)c(Cl)c1. The van der Waals surface area contributed by atoms with Gasteiger partial charge in [-0.25, -0.2) is 0 Å². The molecule has 2 rings (SSSR count). The average molecular weight is 445 g/mol. The quantitative estimate of drug-likeness (QED) is 0.631. The molecule has 3 N–H and O–H groups in total. The Morgan fingerprint density at radius 2 is 1.48 bits per heavy atom. The number of carbonyl (C=O) groups is 3. The molecule has 130 valence electrons. The zero-order valence-electron chi connectivity index (χ0n) is 12.6. The lowest BCUT2D eigenvalue weighted by atomic mass is 10.3. The lowest BCUT2D eigenvalue weighted by molar-refractivity contribution is -0.136. The molecule has 0 spiro atoms. The van der Waals surface area contributed by atoms with Gasteiger partial charge >= 0.3 is 11.8 Å². The topological polar surface area (TPSA) is 87.3 Å². The zero-order valence-corrected chi connectivity index (χ0v) is 15.7. The first-order valence-electron chi connectivity index (χ1n) is 6.95. The van der Waals surface area contributed by atoms with Crippen LogP contribution < -0.4 is 16.0 Å². The maximum Gasteiger partial charge on any atom is 0.313 e. The highest BCUT2D eigenvalue weighted by molar-refractivity contribution is 9.10. The molecule has 0 radical (unpaired) electrons. The Morgan fingerprint density at radius 3 is 2.12 bits per heavy atom. The van der Waals surface area contributed by atoms with Crippen LogP contribution in [-0.4, -0.2) is 24.3 Å². The van der Waals surface area contributed by atoms with Crippen LogP contribution >= 0.6 is 39.1 Å². The van der Waals surface area contributed by atoms with Crippen LogP contribution in [-0.2, 0) is 14.4 Å². The Hall–Kier alpha value is -2.09. The summed E-state index contributed by atoms with van der Waals surface area (Å²) >= 11 is 14.9. The summed E-state index contributed by atoms with van der Waals surface area (Å²) in [7, 11) is 0. The largest absolute Gasteiger partial charge is 0.339 e. The van der Waals surface area contributed by atoms with E-state index >= 15 is 0 Å². The van der Waals surface area contributed by atoms with Gasteiger partial charge in [-0.3, -0.25) is 14.4 Å². The van der Waals surface area contributed by atoms with E-state index in [-0.39, 0.29) is 11.6 Å². The normalized spacial score (nSPS) is 10.0. The van der Waals surface area contributed by atoms with E-state index in [1.165, 1.54) is 12.1 Å². The molecule has 0 bridgehead atoms. The zero-order chi connectivity index (χ0) is 18.4. The van der Waals surface area contributed by atoms with Crippen molar-refractivity contribution < 1.29 is 14.4 Å². The summed E-state index contributed by atoms with van der Waals surface area (Å²) in [4.78, 5) is 35.3. The van der Waals surface area contributed by atoms with Gasteiger partial charge in [-0.15, -0.1) is 0 Å². The maximum absolute atomic E-state index is 11.8. The highest BCUT2D eigenvalue weighted by Gasteiger charge is 2.15. The standard InChI is InChI=1S/C16H12BrCl2N3O3/c17-9-1-3-10(4-2-9)22-16(25)15(24)20-8-14(23)21-11-5-6-12(18)13(19)7-11/h1-7H,8H2,(H,20,24)(H,21,23)(H,22,25). The van der Waals surface area contributed by atoms with Crippen molar-refractivity contribution in [2.75, 3.05) is 17.2 Å². The van der Waals surface area contributed by atoms with Gasteiger partial charge in [0.05, 0.1) is 16.6 Å². The molecule has 0 unspecified atom stereocenters. The molecule has 0 aliphatic carbocycles. The fourth-order valence-corrected chi connectivity index (χ4v) is 2.30. The molecule has 0 aromatic heterocycles. The van der Waals surface area contributed by atoms with E-state index in [0.29, 0.717) is 16.4 Å². The lowest BCUT2D eigenvalue weighted by Gasteiger charge is -2.08. The number of amides is 3. The second kappa shape index (κ2) is 8.84. The van der Waals surface area contributed by atoms with Crippen LogP contribution in [0.25, 0.3) is 0 Å². The molecule has 0 heterocycles. The van der Waals surface area contributed by atoms with Crippen LogP contribution in [0.5, 0.6) is 0 Å². The van der Waals surface area contributed by atoms with Crippen molar-refractivity contribution in [2.24, 2.45) is 0 Å². The number of halogens is 3. The molecule has 3 amide bonds. The summed E-state index contributed by atoms with van der Waals surface area (Å²) in [5.41, 5.74) is 0.886. The number of carbonyl (C=O) groups excluding carboxylic acids is 3. The molecular weight excluding hydrogens is 433 g/mol. The molecule has 0 fully saturated rings. The molecule has 0 atom stereocenters. The van der Waals surface area contributed by atoms with E-state index < -0.39 is 17.7 Å². The predicted octanol–water partition coefficient (Wildman–Crippen LogP) is 3.45. The number of hydrogen-bond donors (Lipinski definition) is 3. The highest BCUT2D eigenvalue weighted by atomic mass is 79.9. The number of rotatable bonds is 4. The van der Waals surface area contributed by atoms with E-state index in [4.69, 9.17) is 23.2 Å². The van der Waals surface area contributed by atoms with Gasteiger partial charge in [0, 0.05) is 15.8 Å². The van der Waals surface area contributed by atoms with Gasteiger partial charge in [-0.2, -0.15) is 0 Å². The molecule has 0 aliphatic rings. The van der Waals surface area contributed by atoms with Crippen molar-refractivity contribution in [3.63, 3.8) is 0 Å². The fraction of sp³-hybridized carbons (Fsp3) is 0.0625. The van der Waals surface area contributed by atoms with Crippen LogP contribution in [0.15, 0.2) is 46.9 Å². The molecule has 6 nitrogen and oxygen atoms in total. The van der Waals surface area contributed by atoms with E-state index in [2.05, 4.69) is 31.9 Å². The minimum atomic E-state index is -0.924. The third-order valence-electron chi connectivity index (χ3n) is 2.92. The summed E-state index contributed by atoms with van der Waals surface area (Å²) < 4.78 is 0.842. The van der Waals surface area contributed by atoms with Crippen LogP contribution in [0, 0.1) is 0 Å². The third-order valence-corrected chi connectivity index (χ3v) is 4.19. The summed E-state index contributed by atoms with van der Waals surface area (Å²) in [5, 5.41) is 7.82. The monoisotopic (exact) mass is 443 g/mol. The first kappa shape index (κ1) is 19.2. The van der Waals surface area contributed by atoms with E-state index in [0.717, 1.165) is 4.47 Å². The highest BCUT2D eigenvalue weighted by Crippen LogP contribution is 2.24. The van der Waals surface area contributed by atoms with Gasteiger partial charge in [-0.05, 0) is 42.5 Å². The predicted molar refractivity (Wildman–Crippen MR) is 101 cm³/mol. The minimum absolute atomic E-state index is 0.289. The van der Waals surface area contributed by atoms with E-state index in [9.17, 15) is 14.4 Å². The Bertz CT molecular complexity index is 813. The molecule has 0 saturated heterocycles. The first-order chi connectivity index (χ1) is 11.8. The van der Waals surface area contributed by atoms with Crippen molar-refractivity contribution in [2.45, 2.75) is 0 Å². The van der Waals surface area contributed by atoms with Crippen LogP contribution in [0.1, 0.15) is 0 Å². The van der Waals surface area contributed by atoms with Gasteiger partial charge in [0.1, 0.15) is 0 Å². The molecular formula is C16H12BrCl2N3O3. The average Bonchev–Trinajstić information content (AvgIpc) is 2.58. The third kappa shape index (κ3) is 6.04. The van der Waals surface area contributed by atoms with Crippen LogP contribution in [0.4, 0.5) is 11.4 Å². The van der Waals surface area contributed by atoms with Crippen LogP contribution in [0.2, 0.25) is 10.0 Å². The summed E-state index contributed by atoms with van der Waals surface area (Å²) in [5.74, 6) is -2.31. The Labute approximate surface area is 162 Å². The Balaban J connectivity index is 1.81. The molecule has 2 aromatic rings. The number of hydrogen-bond acceptors (Lipinski definition) is 3. The number of anilines is 2. The van der Waals surface area contributed by atoms with Crippen molar-refractivity contribution in [1.29, 1.82) is 0 Å². The van der Waals surface area contributed by atoms with Crippen molar-refractivity contribution in [3.8, 4) is 0 Å². The lowest BCUT2D eigenvalue weighted by Crippen LogP contribution is -2.39. The van der Waals surface area contributed by atoms with Crippen molar-refractivity contribution >= 4 is 68.2 Å². The molecule has 2 aromatic carbocycles. The van der Waals surface area contributed by atoms with E-state index in [1.807, 2.05) is 0 Å². The van der Waals surface area contributed by atoms with Gasteiger partial charge in [0.2, 0.25) is 5.91 Å². The summed E-state index contributed by atoms with van der Waals surface area (Å²) in [6, 6.07) is 11.3. The molecule has 0 aliphatic heterocycles. The van der Waals surface area contributed by atoms with Crippen LogP contribution in [0.3, 0.4) is 0 Å². The van der Waals surface area contributed by atoms with Gasteiger partial charge < -0.3 is 16.0 Å². The maximum atomic E-state index is 11.8. The van der Waals surface area contributed by atoms with Crippen molar-refractivity contribution in [1.82, 2.24) is 5.32 Å². The van der Waals surface area contributed by atoms with Gasteiger partial charge in [0.25, 0.3) is 0 Å².